The van der Waals surface area contributed by atoms with Crippen LogP contribution in [0.3, 0.4) is 0 Å². The third-order valence-corrected chi connectivity index (χ3v) is 4.59. The zero-order chi connectivity index (χ0) is 14.5. The lowest BCUT2D eigenvalue weighted by atomic mass is 10.1. The molecule has 1 aromatic carbocycles. The molecule has 20 heavy (non-hydrogen) atoms. The Labute approximate surface area is 129 Å². The maximum atomic E-state index is 6.25. The van der Waals surface area contributed by atoms with Crippen molar-refractivity contribution >= 4 is 22.9 Å². The second kappa shape index (κ2) is 7.11. The molecule has 0 amide bonds. The second-order valence-electron chi connectivity index (χ2n) is 4.91. The van der Waals surface area contributed by atoms with Gasteiger partial charge < -0.3 is 10.5 Å². The van der Waals surface area contributed by atoms with E-state index >= 15 is 0 Å². The second-order valence-corrected chi connectivity index (χ2v) is 6.57. The van der Waals surface area contributed by atoms with E-state index in [2.05, 4.69) is 19.1 Å². The minimum atomic E-state index is 0.0608. The summed E-state index contributed by atoms with van der Waals surface area (Å²) in [6.45, 7) is 4.71. The van der Waals surface area contributed by atoms with E-state index in [1.807, 2.05) is 25.1 Å². The molecular formula is C16H20ClNOS. The molecule has 0 aliphatic carbocycles. The maximum Gasteiger partial charge on any atom is 0.124 e. The van der Waals surface area contributed by atoms with Gasteiger partial charge in [0.25, 0.3) is 0 Å². The van der Waals surface area contributed by atoms with E-state index in [0.717, 1.165) is 29.2 Å². The predicted octanol–water partition coefficient (Wildman–Crippen LogP) is 4.43. The van der Waals surface area contributed by atoms with Crippen molar-refractivity contribution in [3.8, 4) is 5.75 Å². The van der Waals surface area contributed by atoms with Crippen molar-refractivity contribution in [2.45, 2.75) is 39.3 Å². The standard InChI is InChI=1S/C16H20ClNOS/c1-3-12-7-8-13(20-12)10-19-16-6-4-5-15(17)14(16)9-11(2)18/h4-8,11H,3,9-10,18H2,1-2H3. The van der Waals surface area contributed by atoms with E-state index in [4.69, 9.17) is 22.1 Å². The summed E-state index contributed by atoms with van der Waals surface area (Å²) in [6, 6.07) is 10.1. The van der Waals surface area contributed by atoms with Gasteiger partial charge in [0.15, 0.2) is 0 Å². The molecule has 0 saturated heterocycles. The SMILES string of the molecule is CCc1ccc(COc2cccc(Cl)c2CC(C)N)s1. The number of thiophene rings is 1. The van der Waals surface area contributed by atoms with Crippen molar-refractivity contribution in [2.75, 3.05) is 0 Å². The van der Waals surface area contributed by atoms with Crippen LogP contribution in [0.25, 0.3) is 0 Å². The minimum Gasteiger partial charge on any atom is -0.488 e. The van der Waals surface area contributed by atoms with Gasteiger partial charge in [0.05, 0.1) is 0 Å². The molecule has 2 rings (SSSR count). The summed E-state index contributed by atoms with van der Waals surface area (Å²) in [7, 11) is 0. The Kier molecular flexibility index (Phi) is 5.46. The highest BCUT2D eigenvalue weighted by atomic mass is 35.5. The summed E-state index contributed by atoms with van der Waals surface area (Å²) < 4.78 is 5.93. The molecule has 1 aromatic heterocycles. The van der Waals surface area contributed by atoms with E-state index in [9.17, 15) is 0 Å². The zero-order valence-corrected chi connectivity index (χ0v) is 13.4. The van der Waals surface area contributed by atoms with Crippen LogP contribution in [0.15, 0.2) is 30.3 Å². The Morgan fingerprint density at radius 1 is 1.25 bits per heavy atom. The Morgan fingerprint density at radius 3 is 2.65 bits per heavy atom. The number of benzene rings is 1. The molecular weight excluding hydrogens is 290 g/mol. The average Bonchev–Trinajstić information content (AvgIpc) is 2.87. The third-order valence-electron chi connectivity index (χ3n) is 3.04. The molecule has 0 spiro atoms. The Morgan fingerprint density at radius 2 is 2.00 bits per heavy atom. The van der Waals surface area contributed by atoms with Crippen LogP contribution in [0.4, 0.5) is 0 Å². The van der Waals surface area contributed by atoms with Gasteiger partial charge in [-0.05, 0) is 44.0 Å². The van der Waals surface area contributed by atoms with Crippen LogP contribution in [-0.2, 0) is 19.4 Å². The number of rotatable bonds is 6. The number of nitrogens with two attached hydrogens (primary N) is 1. The van der Waals surface area contributed by atoms with Crippen LogP contribution >= 0.6 is 22.9 Å². The molecule has 2 N–H and O–H groups in total. The minimum absolute atomic E-state index is 0.0608. The van der Waals surface area contributed by atoms with E-state index in [0.29, 0.717) is 6.61 Å². The summed E-state index contributed by atoms with van der Waals surface area (Å²) in [6.07, 6.45) is 1.79. The largest absolute Gasteiger partial charge is 0.488 e. The molecule has 1 atom stereocenters. The van der Waals surface area contributed by atoms with Gasteiger partial charge in [-0.15, -0.1) is 11.3 Å². The Bertz CT molecular complexity index is 565. The number of halogens is 1. The van der Waals surface area contributed by atoms with Gasteiger partial charge in [-0.1, -0.05) is 24.6 Å². The van der Waals surface area contributed by atoms with Crippen molar-refractivity contribution < 1.29 is 4.74 Å². The highest BCUT2D eigenvalue weighted by Crippen LogP contribution is 2.29. The lowest BCUT2D eigenvalue weighted by Crippen LogP contribution is -2.18. The summed E-state index contributed by atoms with van der Waals surface area (Å²) in [5.74, 6) is 0.834. The lowest BCUT2D eigenvalue weighted by molar-refractivity contribution is 0.306. The fraction of sp³-hybridized carbons (Fsp3) is 0.375. The number of hydrogen-bond acceptors (Lipinski definition) is 3. The topological polar surface area (TPSA) is 35.2 Å². The van der Waals surface area contributed by atoms with Crippen LogP contribution < -0.4 is 10.5 Å². The molecule has 2 nitrogen and oxygen atoms in total. The highest BCUT2D eigenvalue weighted by Gasteiger charge is 2.11. The smallest absolute Gasteiger partial charge is 0.124 e. The van der Waals surface area contributed by atoms with E-state index in [1.54, 1.807) is 11.3 Å². The molecule has 0 aliphatic heterocycles. The first-order valence-corrected chi connectivity index (χ1v) is 8.03. The Balaban J connectivity index is 2.10. The van der Waals surface area contributed by atoms with Crippen molar-refractivity contribution in [1.82, 2.24) is 0 Å². The van der Waals surface area contributed by atoms with Gasteiger partial charge in [-0.2, -0.15) is 0 Å². The van der Waals surface area contributed by atoms with E-state index in [-0.39, 0.29) is 6.04 Å². The molecule has 0 fully saturated rings. The molecule has 0 saturated carbocycles. The summed E-state index contributed by atoms with van der Waals surface area (Å²) in [5.41, 5.74) is 6.88. The molecule has 0 aliphatic rings. The normalized spacial score (nSPS) is 12.4. The first-order chi connectivity index (χ1) is 9.60. The summed E-state index contributed by atoms with van der Waals surface area (Å²) >= 11 is 8.04. The van der Waals surface area contributed by atoms with Crippen molar-refractivity contribution in [3.05, 3.63) is 50.7 Å². The van der Waals surface area contributed by atoms with Crippen LogP contribution in [0.5, 0.6) is 5.75 Å². The molecule has 0 radical (unpaired) electrons. The molecule has 0 bridgehead atoms. The number of aryl methyl sites for hydroxylation is 1. The quantitative estimate of drug-likeness (QED) is 0.856. The van der Waals surface area contributed by atoms with Crippen LogP contribution in [0.1, 0.15) is 29.2 Å². The Hall–Kier alpha value is -1.03. The van der Waals surface area contributed by atoms with Gasteiger partial charge in [-0.25, -0.2) is 0 Å². The first kappa shape index (κ1) is 15.4. The molecule has 108 valence electrons. The molecule has 1 heterocycles. The molecule has 1 unspecified atom stereocenters. The van der Waals surface area contributed by atoms with E-state index < -0.39 is 0 Å². The average molecular weight is 310 g/mol. The van der Waals surface area contributed by atoms with Crippen molar-refractivity contribution in [1.29, 1.82) is 0 Å². The van der Waals surface area contributed by atoms with Gasteiger partial charge >= 0.3 is 0 Å². The maximum absolute atomic E-state index is 6.25. The summed E-state index contributed by atoms with van der Waals surface area (Å²) in [5, 5.41) is 0.722. The van der Waals surface area contributed by atoms with Gasteiger partial charge in [0.2, 0.25) is 0 Å². The predicted molar refractivity (Wildman–Crippen MR) is 86.8 cm³/mol. The van der Waals surface area contributed by atoms with Crippen LogP contribution in [0, 0.1) is 0 Å². The van der Waals surface area contributed by atoms with Crippen LogP contribution in [0.2, 0.25) is 5.02 Å². The zero-order valence-electron chi connectivity index (χ0n) is 11.9. The van der Waals surface area contributed by atoms with E-state index in [1.165, 1.54) is 9.75 Å². The van der Waals surface area contributed by atoms with Gasteiger partial charge in [0, 0.05) is 26.4 Å². The fourth-order valence-corrected chi connectivity index (χ4v) is 3.15. The van der Waals surface area contributed by atoms with Gasteiger partial charge in [0.1, 0.15) is 12.4 Å². The monoisotopic (exact) mass is 309 g/mol. The number of hydrogen-bond donors (Lipinski definition) is 1. The third kappa shape index (κ3) is 3.98. The number of ether oxygens (including phenoxy) is 1. The first-order valence-electron chi connectivity index (χ1n) is 6.83. The van der Waals surface area contributed by atoms with Crippen molar-refractivity contribution in [3.63, 3.8) is 0 Å². The van der Waals surface area contributed by atoms with Crippen LogP contribution in [-0.4, -0.2) is 6.04 Å². The van der Waals surface area contributed by atoms with Gasteiger partial charge in [-0.3, -0.25) is 0 Å². The highest BCUT2D eigenvalue weighted by molar-refractivity contribution is 7.11. The van der Waals surface area contributed by atoms with Crippen molar-refractivity contribution in [2.24, 2.45) is 5.73 Å². The summed E-state index contributed by atoms with van der Waals surface area (Å²) in [4.78, 5) is 2.61. The fourth-order valence-electron chi connectivity index (χ4n) is 2.03. The molecule has 4 heteroatoms. The lowest BCUT2D eigenvalue weighted by Gasteiger charge is -2.14. The molecule has 2 aromatic rings.